The summed E-state index contributed by atoms with van der Waals surface area (Å²) in [7, 11) is 0. The molecular weight excluding hydrogens is 498 g/mol. The van der Waals surface area contributed by atoms with Crippen LogP contribution in [0.15, 0.2) is 28.8 Å². The highest BCUT2D eigenvalue weighted by atomic mass is 32.1. The Morgan fingerprint density at radius 3 is 2.97 bits per heavy atom. The zero-order chi connectivity index (χ0) is 24.9. The van der Waals surface area contributed by atoms with E-state index in [0.29, 0.717) is 42.2 Å². The van der Waals surface area contributed by atoms with Gasteiger partial charge < -0.3 is 29.2 Å². The Bertz CT molecular complexity index is 1280. The number of carbonyl (C=O) groups excluding carboxylic acids is 1. The SMILES string of the molecule is O=C(Nc1nc2c(s1)[C@@H]1COC[C@H](C2)N1c1ncc(-c2cccc(OC(F)F)n2)o1)NC1(CO)CC1. The topological polar surface area (TPSA) is 135 Å². The number of thiazole rings is 1. The molecule has 2 fully saturated rings. The van der Waals surface area contributed by atoms with Crippen molar-refractivity contribution in [3.05, 3.63) is 35.0 Å². The van der Waals surface area contributed by atoms with Crippen LogP contribution in [0.5, 0.6) is 5.88 Å². The van der Waals surface area contributed by atoms with Crippen molar-refractivity contribution in [1.29, 1.82) is 0 Å². The van der Waals surface area contributed by atoms with E-state index in [0.717, 1.165) is 23.4 Å². The van der Waals surface area contributed by atoms with E-state index in [9.17, 15) is 18.7 Å². The fourth-order valence-corrected chi connectivity index (χ4v) is 5.55. The monoisotopic (exact) mass is 520 g/mol. The van der Waals surface area contributed by atoms with Gasteiger partial charge in [0.2, 0.25) is 5.88 Å². The number of pyridine rings is 1. The van der Waals surface area contributed by atoms with Gasteiger partial charge in [-0.1, -0.05) is 17.4 Å². The summed E-state index contributed by atoms with van der Waals surface area (Å²) in [6.45, 7) is -2.24. The van der Waals surface area contributed by atoms with Crippen LogP contribution in [0.25, 0.3) is 11.5 Å². The van der Waals surface area contributed by atoms with Gasteiger partial charge in [-0.15, -0.1) is 0 Å². The number of rotatable bonds is 7. The van der Waals surface area contributed by atoms with Crippen LogP contribution in [0.1, 0.15) is 29.5 Å². The van der Waals surface area contributed by atoms with E-state index in [1.807, 2.05) is 4.90 Å². The maximum atomic E-state index is 12.6. The number of aliphatic hydroxyl groups is 1. The first-order valence-corrected chi connectivity index (χ1v) is 12.2. The molecular formula is C22H22F2N6O5S. The van der Waals surface area contributed by atoms with Crippen LogP contribution in [0.2, 0.25) is 0 Å². The summed E-state index contributed by atoms with van der Waals surface area (Å²) < 4.78 is 41.3. The number of nitrogens with zero attached hydrogens (tertiary/aromatic N) is 4. The third kappa shape index (κ3) is 4.35. The van der Waals surface area contributed by atoms with E-state index in [-0.39, 0.29) is 24.6 Å². The summed E-state index contributed by atoms with van der Waals surface area (Å²) in [5, 5.41) is 15.5. The molecule has 2 bridgehead atoms. The number of ether oxygens (including phenoxy) is 2. The molecule has 2 amide bonds. The predicted octanol–water partition coefficient (Wildman–Crippen LogP) is 2.94. The largest absolute Gasteiger partial charge is 0.422 e. The van der Waals surface area contributed by atoms with Gasteiger partial charge in [0.25, 0.3) is 6.01 Å². The molecule has 190 valence electrons. The number of alkyl halides is 2. The Kier molecular flexibility index (Phi) is 5.73. The number of nitrogens with one attached hydrogen (secondary N) is 2. The van der Waals surface area contributed by atoms with Gasteiger partial charge in [0, 0.05) is 12.5 Å². The number of fused-ring (bicyclic) bond motifs is 4. The van der Waals surface area contributed by atoms with Crippen molar-refractivity contribution in [2.24, 2.45) is 0 Å². The maximum Gasteiger partial charge on any atom is 0.388 e. The molecule has 5 heterocycles. The molecule has 1 saturated heterocycles. The zero-order valence-corrected chi connectivity index (χ0v) is 19.6. The smallest absolute Gasteiger partial charge is 0.388 e. The summed E-state index contributed by atoms with van der Waals surface area (Å²) in [5.74, 6) is 0.101. The number of urea groups is 1. The normalized spacial score (nSPS) is 21.7. The first-order chi connectivity index (χ1) is 17.4. The molecule has 1 aliphatic carbocycles. The van der Waals surface area contributed by atoms with Crippen molar-refractivity contribution in [2.75, 3.05) is 30.0 Å². The Balaban J connectivity index is 1.22. The lowest BCUT2D eigenvalue weighted by Crippen LogP contribution is -2.51. The lowest BCUT2D eigenvalue weighted by Gasteiger charge is -2.43. The summed E-state index contributed by atoms with van der Waals surface area (Å²) in [4.78, 5) is 28.5. The fourth-order valence-electron chi connectivity index (χ4n) is 4.48. The van der Waals surface area contributed by atoms with Crippen molar-refractivity contribution < 1.29 is 32.6 Å². The number of amides is 2. The van der Waals surface area contributed by atoms with Gasteiger partial charge in [-0.2, -0.15) is 8.78 Å². The van der Waals surface area contributed by atoms with Crippen LogP contribution in [-0.2, 0) is 11.2 Å². The van der Waals surface area contributed by atoms with Gasteiger partial charge in [-0.3, -0.25) is 5.32 Å². The van der Waals surface area contributed by atoms with Gasteiger partial charge in [0.05, 0.1) is 54.2 Å². The average Bonchev–Trinajstić information content (AvgIpc) is 3.25. The van der Waals surface area contributed by atoms with Crippen LogP contribution in [0.3, 0.4) is 0 Å². The number of aliphatic hydroxyl groups excluding tert-OH is 1. The quantitative estimate of drug-likeness (QED) is 0.430. The Morgan fingerprint density at radius 2 is 2.19 bits per heavy atom. The minimum atomic E-state index is -2.98. The molecule has 0 unspecified atom stereocenters. The fraction of sp³-hybridized carbons (Fsp3) is 0.455. The lowest BCUT2D eigenvalue weighted by atomic mass is 9.97. The minimum Gasteiger partial charge on any atom is -0.422 e. The zero-order valence-electron chi connectivity index (χ0n) is 18.8. The number of oxazole rings is 1. The second-order valence-corrected chi connectivity index (χ2v) is 9.94. The van der Waals surface area contributed by atoms with E-state index >= 15 is 0 Å². The summed E-state index contributed by atoms with van der Waals surface area (Å²) in [6, 6.07) is 4.16. The van der Waals surface area contributed by atoms with Crippen LogP contribution >= 0.6 is 11.3 Å². The van der Waals surface area contributed by atoms with Crippen molar-refractivity contribution in [3.63, 3.8) is 0 Å². The number of aromatic nitrogens is 3. The molecule has 2 aliphatic heterocycles. The molecule has 0 aromatic carbocycles. The van der Waals surface area contributed by atoms with Gasteiger partial charge in [0.1, 0.15) is 5.69 Å². The molecule has 0 spiro atoms. The standard InChI is InChI=1S/C22H22F2N6O5S/c23-18(24)35-16-3-1-2-12(26-16)15-7-25-21(34-15)30-11-6-13-17(14(30)9-33-8-11)36-20(27-13)28-19(32)29-22(10-31)4-5-22/h1-3,7,11,14,18,31H,4-6,8-10H2,(H2,27,28,29,32)/t11-,14-/m0/s1. The number of halogens is 2. The highest BCUT2D eigenvalue weighted by Crippen LogP contribution is 2.44. The van der Waals surface area contributed by atoms with E-state index < -0.39 is 18.2 Å². The first-order valence-electron chi connectivity index (χ1n) is 11.4. The van der Waals surface area contributed by atoms with E-state index in [1.165, 1.54) is 23.6 Å². The van der Waals surface area contributed by atoms with Crippen molar-refractivity contribution in [3.8, 4) is 17.3 Å². The molecule has 14 heteroatoms. The molecule has 3 N–H and O–H groups in total. The molecule has 3 aromatic heterocycles. The van der Waals surface area contributed by atoms with Crippen LogP contribution in [0, 0.1) is 0 Å². The van der Waals surface area contributed by atoms with Crippen LogP contribution in [-0.4, -0.2) is 64.1 Å². The van der Waals surface area contributed by atoms with Gasteiger partial charge in [-0.05, 0) is 18.9 Å². The molecule has 3 aromatic rings. The van der Waals surface area contributed by atoms with Gasteiger partial charge >= 0.3 is 12.6 Å². The number of hydrogen-bond donors (Lipinski definition) is 3. The summed E-state index contributed by atoms with van der Waals surface area (Å²) in [5.41, 5.74) is 0.682. The number of hydrogen-bond acceptors (Lipinski definition) is 10. The Labute approximate surface area is 207 Å². The molecule has 36 heavy (non-hydrogen) atoms. The maximum absolute atomic E-state index is 12.6. The van der Waals surface area contributed by atoms with Crippen molar-refractivity contribution >= 4 is 28.5 Å². The lowest BCUT2D eigenvalue weighted by molar-refractivity contribution is -0.0527. The summed E-state index contributed by atoms with van der Waals surface area (Å²) >= 11 is 1.36. The Hall–Kier alpha value is -3.36. The number of carbonyl (C=O) groups is 1. The average molecular weight is 521 g/mol. The van der Waals surface area contributed by atoms with Gasteiger partial charge in [-0.25, -0.2) is 19.7 Å². The highest BCUT2D eigenvalue weighted by Gasteiger charge is 2.45. The highest BCUT2D eigenvalue weighted by molar-refractivity contribution is 7.16. The van der Waals surface area contributed by atoms with Crippen LogP contribution < -0.4 is 20.3 Å². The van der Waals surface area contributed by atoms with E-state index in [2.05, 4.69) is 30.3 Å². The van der Waals surface area contributed by atoms with Crippen molar-refractivity contribution in [2.45, 2.75) is 43.5 Å². The van der Waals surface area contributed by atoms with E-state index in [1.54, 1.807) is 12.1 Å². The van der Waals surface area contributed by atoms with Gasteiger partial charge in [0.15, 0.2) is 10.9 Å². The molecule has 11 nitrogen and oxygen atoms in total. The first kappa shape index (κ1) is 23.1. The molecule has 6 rings (SSSR count). The number of morpholine rings is 1. The Morgan fingerprint density at radius 1 is 1.33 bits per heavy atom. The molecule has 1 saturated carbocycles. The molecule has 2 atom stereocenters. The molecule has 0 radical (unpaired) electrons. The van der Waals surface area contributed by atoms with Crippen LogP contribution in [0.4, 0.5) is 24.7 Å². The third-order valence-electron chi connectivity index (χ3n) is 6.43. The summed E-state index contributed by atoms with van der Waals surface area (Å²) in [6.07, 6.45) is 3.56. The molecule has 3 aliphatic rings. The third-order valence-corrected chi connectivity index (χ3v) is 7.54. The number of anilines is 2. The second-order valence-electron chi connectivity index (χ2n) is 8.91. The van der Waals surface area contributed by atoms with Crippen molar-refractivity contribution in [1.82, 2.24) is 20.3 Å². The minimum absolute atomic E-state index is 0.0860. The predicted molar refractivity (Wildman–Crippen MR) is 123 cm³/mol. The van der Waals surface area contributed by atoms with E-state index in [4.69, 9.17) is 9.15 Å². The second kappa shape index (κ2) is 8.94.